The first-order chi connectivity index (χ1) is 10.4. The SMILES string of the molecule is COn1ccc(O)c([C@@H]2[C@@H](C)C[C@@H](C)C[C@@]2(C)C2CO2)c1=O. The van der Waals surface area contributed by atoms with E-state index in [0.717, 1.165) is 19.4 Å². The molecule has 1 N–H and O–H groups in total. The van der Waals surface area contributed by atoms with Crippen molar-refractivity contribution in [1.29, 1.82) is 0 Å². The van der Waals surface area contributed by atoms with E-state index in [9.17, 15) is 9.90 Å². The molecule has 5 heteroatoms. The molecule has 0 spiro atoms. The zero-order chi connectivity index (χ0) is 16.1. The first-order valence-electron chi connectivity index (χ1n) is 7.99. The van der Waals surface area contributed by atoms with Crippen LogP contribution in [0.15, 0.2) is 17.1 Å². The van der Waals surface area contributed by atoms with E-state index in [4.69, 9.17) is 9.57 Å². The summed E-state index contributed by atoms with van der Waals surface area (Å²) < 4.78 is 6.80. The van der Waals surface area contributed by atoms with E-state index in [-0.39, 0.29) is 28.7 Å². The van der Waals surface area contributed by atoms with Gasteiger partial charge < -0.3 is 14.7 Å². The molecule has 1 aliphatic heterocycles. The van der Waals surface area contributed by atoms with Crippen molar-refractivity contribution in [1.82, 2.24) is 4.73 Å². The highest BCUT2D eigenvalue weighted by atomic mass is 16.6. The normalized spacial score (nSPS) is 37.8. The molecule has 22 heavy (non-hydrogen) atoms. The molecule has 5 atom stereocenters. The zero-order valence-electron chi connectivity index (χ0n) is 13.7. The molecule has 1 aliphatic carbocycles. The van der Waals surface area contributed by atoms with E-state index in [1.54, 1.807) is 6.07 Å². The lowest BCUT2D eigenvalue weighted by molar-refractivity contribution is 0.0522. The van der Waals surface area contributed by atoms with Crippen molar-refractivity contribution in [3.05, 3.63) is 28.2 Å². The van der Waals surface area contributed by atoms with Crippen LogP contribution in [-0.2, 0) is 4.74 Å². The predicted octanol–water partition coefficient (Wildman–Crippen LogP) is 2.17. The van der Waals surface area contributed by atoms with Gasteiger partial charge in [-0.15, -0.1) is 0 Å². The molecule has 5 nitrogen and oxygen atoms in total. The fraction of sp³-hybridized carbons (Fsp3) is 0.706. The van der Waals surface area contributed by atoms with Gasteiger partial charge in [0.1, 0.15) is 12.9 Å². The van der Waals surface area contributed by atoms with Crippen molar-refractivity contribution in [2.45, 2.75) is 45.6 Å². The van der Waals surface area contributed by atoms with Gasteiger partial charge in [0, 0.05) is 17.4 Å². The number of hydrogen-bond donors (Lipinski definition) is 1. The maximum Gasteiger partial charge on any atom is 0.290 e. The Hall–Kier alpha value is -1.49. The Labute approximate surface area is 130 Å². The van der Waals surface area contributed by atoms with E-state index in [0.29, 0.717) is 17.4 Å². The maximum absolute atomic E-state index is 12.7. The Kier molecular flexibility index (Phi) is 3.71. The Morgan fingerprint density at radius 2 is 2.14 bits per heavy atom. The molecule has 3 rings (SSSR count). The third kappa shape index (κ3) is 2.32. The van der Waals surface area contributed by atoms with Crippen LogP contribution in [0.25, 0.3) is 0 Å². The second-order valence-electron chi connectivity index (χ2n) is 7.26. The van der Waals surface area contributed by atoms with Gasteiger partial charge >= 0.3 is 0 Å². The Morgan fingerprint density at radius 3 is 2.73 bits per heavy atom. The van der Waals surface area contributed by atoms with Crippen molar-refractivity contribution >= 4 is 0 Å². The van der Waals surface area contributed by atoms with Crippen LogP contribution in [-0.4, -0.2) is 29.7 Å². The topological polar surface area (TPSA) is 64.0 Å². The molecule has 0 bridgehead atoms. The number of ether oxygens (including phenoxy) is 1. The maximum atomic E-state index is 12.7. The van der Waals surface area contributed by atoms with E-state index in [1.165, 1.54) is 18.0 Å². The predicted molar refractivity (Wildman–Crippen MR) is 83.0 cm³/mol. The first-order valence-corrected chi connectivity index (χ1v) is 7.99. The van der Waals surface area contributed by atoms with Gasteiger partial charge in [0.05, 0.1) is 24.5 Å². The summed E-state index contributed by atoms with van der Waals surface area (Å²) in [6.45, 7) is 7.37. The van der Waals surface area contributed by atoms with E-state index < -0.39 is 0 Å². The first kappa shape index (κ1) is 15.4. The summed E-state index contributed by atoms with van der Waals surface area (Å²) in [5, 5.41) is 10.4. The molecule has 1 aromatic rings. The molecule has 2 aliphatic rings. The summed E-state index contributed by atoms with van der Waals surface area (Å²) in [7, 11) is 1.46. The minimum atomic E-state index is -0.263. The number of nitrogens with zero attached hydrogens (tertiary/aromatic N) is 1. The van der Waals surface area contributed by atoms with Crippen molar-refractivity contribution in [3.63, 3.8) is 0 Å². The van der Waals surface area contributed by atoms with Gasteiger partial charge in [-0.25, -0.2) is 0 Å². The van der Waals surface area contributed by atoms with Gasteiger partial charge in [0.25, 0.3) is 5.56 Å². The molecule has 0 radical (unpaired) electrons. The summed E-state index contributed by atoms with van der Waals surface area (Å²) >= 11 is 0. The van der Waals surface area contributed by atoms with Crippen LogP contribution in [0.1, 0.15) is 45.1 Å². The van der Waals surface area contributed by atoms with E-state index in [2.05, 4.69) is 20.8 Å². The monoisotopic (exact) mass is 307 g/mol. The molecule has 1 aromatic heterocycles. The number of rotatable bonds is 3. The van der Waals surface area contributed by atoms with Gasteiger partial charge in [-0.05, 0) is 24.7 Å². The minimum absolute atomic E-state index is 0.0219. The average Bonchev–Trinajstić information content (AvgIpc) is 3.26. The number of hydrogen-bond acceptors (Lipinski definition) is 4. The lowest BCUT2D eigenvalue weighted by Gasteiger charge is -2.47. The Morgan fingerprint density at radius 1 is 1.45 bits per heavy atom. The van der Waals surface area contributed by atoms with Crippen molar-refractivity contribution in [2.24, 2.45) is 17.3 Å². The number of aromatic hydroxyl groups is 1. The second kappa shape index (κ2) is 5.30. The number of pyridine rings is 1. The highest BCUT2D eigenvalue weighted by Gasteiger charge is 2.54. The third-order valence-electron chi connectivity index (χ3n) is 5.49. The molecule has 0 amide bonds. The molecule has 1 saturated carbocycles. The van der Waals surface area contributed by atoms with Crippen LogP contribution < -0.4 is 10.4 Å². The second-order valence-corrected chi connectivity index (χ2v) is 7.26. The molecule has 0 aromatic carbocycles. The van der Waals surface area contributed by atoms with Crippen molar-refractivity contribution < 1.29 is 14.7 Å². The van der Waals surface area contributed by atoms with E-state index >= 15 is 0 Å². The molecule has 122 valence electrons. The fourth-order valence-corrected chi connectivity index (χ4v) is 4.72. The summed E-state index contributed by atoms with van der Waals surface area (Å²) in [4.78, 5) is 17.8. The van der Waals surface area contributed by atoms with Gasteiger partial charge in [-0.3, -0.25) is 4.79 Å². The molecule has 2 fully saturated rings. The Bertz CT molecular complexity index is 622. The standard InChI is InChI=1S/C17H25NO4/c1-10-7-11(2)15(17(3,8-10)13-9-22-13)14-12(19)5-6-18(21-4)16(14)20/h5-6,10-11,13,15,19H,7-9H2,1-4H3/t10-,11+,13?,15+,17+/m1/s1. The highest BCUT2D eigenvalue weighted by molar-refractivity contribution is 5.35. The average molecular weight is 307 g/mol. The molecule has 1 unspecified atom stereocenters. The summed E-state index contributed by atoms with van der Waals surface area (Å²) in [5.74, 6) is 0.947. The fourth-order valence-electron chi connectivity index (χ4n) is 4.72. The number of aromatic nitrogens is 1. The van der Waals surface area contributed by atoms with Crippen LogP contribution in [0.4, 0.5) is 0 Å². The third-order valence-corrected chi connectivity index (χ3v) is 5.49. The van der Waals surface area contributed by atoms with Crippen LogP contribution in [0.3, 0.4) is 0 Å². The summed E-state index contributed by atoms with van der Waals surface area (Å²) in [6.07, 6.45) is 3.70. The lowest BCUT2D eigenvalue weighted by atomic mass is 9.57. The van der Waals surface area contributed by atoms with Crippen LogP contribution >= 0.6 is 0 Å². The number of epoxide rings is 1. The van der Waals surface area contributed by atoms with Gasteiger partial charge in [0.2, 0.25) is 0 Å². The Balaban J connectivity index is 2.14. The molecule has 1 saturated heterocycles. The minimum Gasteiger partial charge on any atom is -0.507 e. The van der Waals surface area contributed by atoms with Gasteiger partial charge in [0.15, 0.2) is 0 Å². The van der Waals surface area contributed by atoms with Crippen molar-refractivity contribution in [2.75, 3.05) is 13.7 Å². The van der Waals surface area contributed by atoms with Crippen LogP contribution in [0.2, 0.25) is 0 Å². The smallest absolute Gasteiger partial charge is 0.290 e. The highest BCUT2D eigenvalue weighted by Crippen LogP contribution is 2.57. The van der Waals surface area contributed by atoms with Crippen LogP contribution in [0.5, 0.6) is 5.75 Å². The van der Waals surface area contributed by atoms with E-state index in [1.807, 2.05) is 0 Å². The molecule has 2 heterocycles. The summed E-state index contributed by atoms with van der Waals surface area (Å²) in [6, 6.07) is 1.54. The quantitative estimate of drug-likeness (QED) is 0.869. The van der Waals surface area contributed by atoms with Gasteiger partial charge in [-0.2, -0.15) is 4.73 Å². The summed E-state index contributed by atoms with van der Waals surface area (Å²) in [5.41, 5.74) is 0.0863. The molecular formula is C17H25NO4. The largest absolute Gasteiger partial charge is 0.507 e. The van der Waals surface area contributed by atoms with Crippen molar-refractivity contribution in [3.8, 4) is 5.75 Å². The molecular weight excluding hydrogens is 282 g/mol. The zero-order valence-corrected chi connectivity index (χ0v) is 13.7. The van der Waals surface area contributed by atoms with Crippen LogP contribution in [0, 0.1) is 17.3 Å². The van der Waals surface area contributed by atoms with Gasteiger partial charge in [-0.1, -0.05) is 20.8 Å². The lowest BCUT2D eigenvalue weighted by Crippen LogP contribution is -2.44.